The second-order valence-electron chi connectivity index (χ2n) is 9.98. The van der Waals surface area contributed by atoms with Crippen LogP contribution < -0.4 is 16.4 Å². The molecule has 0 aliphatic heterocycles. The molecule has 0 aromatic heterocycles. The Hall–Kier alpha value is -4.26. The van der Waals surface area contributed by atoms with Crippen LogP contribution in [0.3, 0.4) is 0 Å². The monoisotopic (exact) mass is 610 g/mol. The number of rotatable bonds is 16. The van der Waals surface area contributed by atoms with Gasteiger partial charge in [0.2, 0.25) is 21.8 Å². The van der Waals surface area contributed by atoms with Crippen molar-refractivity contribution in [3.8, 4) is 0 Å². The fraction of sp³-hybridized carbons (Fsp3) is 0.323. The summed E-state index contributed by atoms with van der Waals surface area (Å²) in [7, 11) is -3.94. The highest BCUT2D eigenvalue weighted by Gasteiger charge is 2.32. The van der Waals surface area contributed by atoms with Crippen molar-refractivity contribution in [3.05, 3.63) is 102 Å². The molecule has 230 valence electrons. The first-order valence-electron chi connectivity index (χ1n) is 13.9. The third kappa shape index (κ3) is 10.5. The van der Waals surface area contributed by atoms with E-state index in [1.165, 1.54) is 16.4 Å². The van der Waals surface area contributed by atoms with Gasteiger partial charge < -0.3 is 26.2 Å². The first kappa shape index (κ1) is 33.2. The molecule has 43 heavy (non-hydrogen) atoms. The first-order chi connectivity index (χ1) is 20.6. The maximum atomic E-state index is 13.4. The van der Waals surface area contributed by atoms with Crippen LogP contribution in [-0.4, -0.2) is 67.0 Å². The second-order valence-corrected chi connectivity index (χ2v) is 11.9. The number of amides is 3. The quantitative estimate of drug-likeness (QED) is 0.193. The largest absolute Gasteiger partial charge is 0.445 e. The van der Waals surface area contributed by atoms with Gasteiger partial charge in [-0.05, 0) is 36.1 Å². The van der Waals surface area contributed by atoms with E-state index in [-0.39, 0.29) is 31.0 Å². The van der Waals surface area contributed by atoms with Crippen molar-refractivity contribution in [3.63, 3.8) is 0 Å². The molecule has 3 amide bonds. The zero-order chi connectivity index (χ0) is 31.2. The minimum Gasteiger partial charge on any atom is -0.445 e. The Bertz CT molecular complexity index is 1420. The van der Waals surface area contributed by atoms with Gasteiger partial charge in [-0.2, -0.15) is 4.31 Å². The molecule has 0 radical (unpaired) electrons. The van der Waals surface area contributed by atoms with Gasteiger partial charge >= 0.3 is 6.09 Å². The number of primary amides is 1. The Labute approximate surface area is 252 Å². The summed E-state index contributed by atoms with van der Waals surface area (Å²) in [6.07, 6.45) is -2.18. The summed E-state index contributed by atoms with van der Waals surface area (Å²) >= 11 is 0. The average molecular weight is 611 g/mol. The standard InChI is InChI=1S/C31H38N4O7S/c1-2-18-35(43(40,41)25-16-10-5-11-17-25)21-28(36)26(19-23-12-6-3-7-13-23)33-30(38)27(20-29(32)37)34-31(39)42-22-24-14-8-4-9-15-24/h3-17,26-28,36H,2,18-22H2,1H3,(H2,32,37)(H,33,38)(H,34,39)/t26-,27-,28+/m0/s1. The van der Waals surface area contributed by atoms with Crippen LogP contribution in [0.15, 0.2) is 95.9 Å². The highest BCUT2D eigenvalue weighted by molar-refractivity contribution is 7.89. The number of aliphatic hydroxyl groups is 1. The van der Waals surface area contributed by atoms with E-state index in [1.807, 2.05) is 19.1 Å². The van der Waals surface area contributed by atoms with Gasteiger partial charge in [-0.25, -0.2) is 13.2 Å². The SMILES string of the molecule is CCCN(C[C@@H](O)[C@H](Cc1ccccc1)NC(=O)[C@H](CC(N)=O)NC(=O)OCc1ccccc1)S(=O)(=O)c1ccccc1. The van der Waals surface area contributed by atoms with Crippen LogP contribution in [0.2, 0.25) is 0 Å². The summed E-state index contributed by atoms with van der Waals surface area (Å²) in [5.41, 5.74) is 6.84. The highest BCUT2D eigenvalue weighted by Crippen LogP contribution is 2.18. The summed E-state index contributed by atoms with van der Waals surface area (Å²) in [4.78, 5) is 37.7. The van der Waals surface area contributed by atoms with E-state index >= 15 is 0 Å². The van der Waals surface area contributed by atoms with Gasteiger partial charge in [0.1, 0.15) is 12.6 Å². The minimum absolute atomic E-state index is 0.0594. The molecule has 0 bridgehead atoms. The molecule has 5 N–H and O–H groups in total. The molecule has 0 saturated heterocycles. The molecule has 0 fully saturated rings. The zero-order valence-corrected chi connectivity index (χ0v) is 24.8. The molecule has 0 spiro atoms. The van der Waals surface area contributed by atoms with Gasteiger partial charge in [0.25, 0.3) is 0 Å². The summed E-state index contributed by atoms with van der Waals surface area (Å²) < 4.78 is 33.2. The number of benzene rings is 3. The van der Waals surface area contributed by atoms with Crippen LogP contribution in [0.1, 0.15) is 30.9 Å². The minimum atomic E-state index is -3.94. The van der Waals surface area contributed by atoms with Crippen molar-refractivity contribution >= 4 is 27.9 Å². The van der Waals surface area contributed by atoms with Crippen molar-refractivity contribution in [1.29, 1.82) is 0 Å². The highest BCUT2D eigenvalue weighted by atomic mass is 32.2. The lowest BCUT2D eigenvalue weighted by atomic mass is 10.00. The number of sulfonamides is 1. The van der Waals surface area contributed by atoms with Gasteiger partial charge in [-0.3, -0.25) is 9.59 Å². The van der Waals surface area contributed by atoms with E-state index in [1.54, 1.807) is 66.7 Å². The third-order valence-corrected chi connectivity index (χ3v) is 8.44. The Kier molecular flexibility index (Phi) is 12.7. The molecule has 0 heterocycles. The lowest BCUT2D eigenvalue weighted by Crippen LogP contribution is -2.56. The van der Waals surface area contributed by atoms with Crippen LogP contribution in [0.5, 0.6) is 0 Å². The molecule has 3 atom stereocenters. The first-order valence-corrected chi connectivity index (χ1v) is 15.4. The van der Waals surface area contributed by atoms with Crippen molar-refractivity contribution < 1.29 is 32.6 Å². The van der Waals surface area contributed by atoms with Gasteiger partial charge in [0, 0.05) is 13.1 Å². The van der Waals surface area contributed by atoms with Crippen LogP contribution in [-0.2, 0) is 37.4 Å². The predicted molar refractivity (Wildman–Crippen MR) is 161 cm³/mol. The number of ether oxygens (including phenoxy) is 1. The normalized spacial score (nSPS) is 13.5. The Morgan fingerprint density at radius 1 is 0.884 bits per heavy atom. The number of carbonyl (C=O) groups is 3. The summed E-state index contributed by atoms with van der Waals surface area (Å²) in [5.74, 6) is -1.63. The third-order valence-electron chi connectivity index (χ3n) is 6.56. The molecule has 0 saturated carbocycles. The van der Waals surface area contributed by atoms with E-state index in [2.05, 4.69) is 10.6 Å². The molecule has 3 aromatic rings. The number of alkyl carbamates (subject to hydrolysis) is 1. The topological polar surface area (TPSA) is 168 Å². The van der Waals surface area contributed by atoms with Crippen molar-refractivity contribution in [2.24, 2.45) is 5.73 Å². The molecule has 0 aliphatic carbocycles. The van der Waals surface area contributed by atoms with Gasteiger partial charge in [-0.15, -0.1) is 0 Å². The van der Waals surface area contributed by atoms with E-state index in [9.17, 15) is 27.9 Å². The van der Waals surface area contributed by atoms with E-state index in [4.69, 9.17) is 10.5 Å². The smallest absolute Gasteiger partial charge is 0.408 e. The fourth-order valence-corrected chi connectivity index (χ4v) is 5.96. The van der Waals surface area contributed by atoms with Crippen LogP contribution in [0.25, 0.3) is 0 Å². The Morgan fingerprint density at radius 2 is 1.44 bits per heavy atom. The van der Waals surface area contributed by atoms with Gasteiger partial charge in [0.15, 0.2) is 0 Å². The second kappa shape index (κ2) is 16.4. The summed E-state index contributed by atoms with van der Waals surface area (Å²) in [6.45, 7) is 1.59. The van der Waals surface area contributed by atoms with E-state index in [0.29, 0.717) is 6.42 Å². The molecular weight excluding hydrogens is 572 g/mol. The maximum absolute atomic E-state index is 13.4. The number of nitrogens with two attached hydrogens (primary N) is 1. The number of nitrogens with one attached hydrogen (secondary N) is 2. The molecule has 0 unspecified atom stereocenters. The zero-order valence-electron chi connectivity index (χ0n) is 24.0. The number of aliphatic hydroxyl groups excluding tert-OH is 1. The molecule has 0 aliphatic rings. The number of nitrogens with zero attached hydrogens (tertiary/aromatic N) is 1. The van der Waals surface area contributed by atoms with Crippen LogP contribution in [0.4, 0.5) is 4.79 Å². The van der Waals surface area contributed by atoms with Crippen LogP contribution in [0, 0.1) is 0 Å². The van der Waals surface area contributed by atoms with Gasteiger partial charge in [0.05, 0.1) is 23.5 Å². The molecule has 11 nitrogen and oxygen atoms in total. The van der Waals surface area contributed by atoms with Crippen molar-refractivity contribution in [1.82, 2.24) is 14.9 Å². The van der Waals surface area contributed by atoms with Crippen molar-refractivity contribution in [2.75, 3.05) is 13.1 Å². The van der Waals surface area contributed by atoms with Gasteiger partial charge in [-0.1, -0.05) is 85.8 Å². The lowest BCUT2D eigenvalue weighted by Gasteiger charge is -2.30. The average Bonchev–Trinajstić information content (AvgIpc) is 3.00. The predicted octanol–water partition coefficient (Wildman–Crippen LogP) is 2.35. The Morgan fingerprint density at radius 3 is 2.00 bits per heavy atom. The Balaban J connectivity index is 1.79. The van der Waals surface area contributed by atoms with E-state index < -0.39 is 52.5 Å². The number of hydrogen-bond donors (Lipinski definition) is 4. The fourth-order valence-electron chi connectivity index (χ4n) is 4.39. The summed E-state index contributed by atoms with van der Waals surface area (Å²) in [6, 6.07) is 23.4. The van der Waals surface area contributed by atoms with Crippen LogP contribution >= 0.6 is 0 Å². The summed E-state index contributed by atoms with van der Waals surface area (Å²) in [5, 5.41) is 16.4. The molecule has 3 rings (SSSR count). The molecular formula is C31H38N4O7S. The number of hydrogen-bond acceptors (Lipinski definition) is 7. The number of carbonyl (C=O) groups excluding carboxylic acids is 3. The maximum Gasteiger partial charge on any atom is 0.408 e. The molecule has 12 heteroatoms. The molecule has 3 aromatic carbocycles. The van der Waals surface area contributed by atoms with Crippen molar-refractivity contribution in [2.45, 2.75) is 55.9 Å². The lowest BCUT2D eigenvalue weighted by molar-refractivity contribution is -0.128. The van der Waals surface area contributed by atoms with E-state index in [0.717, 1.165) is 11.1 Å².